The molecule has 1 amide bonds. The molecular formula is C30H39NO7. The van der Waals surface area contributed by atoms with Crippen molar-refractivity contribution < 1.29 is 33.6 Å². The van der Waals surface area contributed by atoms with Crippen LogP contribution in [0.25, 0.3) is 5.76 Å². The Labute approximate surface area is 225 Å². The molecule has 0 aliphatic carbocycles. The summed E-state index contributed by atoms with van der Waals surface area (Å²) in [5.41, 5.74) is 1.03. The van der Waals surface area contributed by atoms with Crippen molar-refractivity contribution in [3.63, 3.8) is 0 Å². The number of hydrogen-bond donors (Lipinski definition) is 1. The largest absolute Gasteiger partial charge is 0.507 e. The maximum Gasteiger partial charge on any atom is 0.295 e. The third-order valence-corrected chi connectivity index (χ3v) is 6.46. The Morgan fingerprint density at radius 2 is 1.66 bits per heavy atom. The number of methoxy groups -OCH3 is 2. The highest BCUT2D eigenvalue weighted by molar-refractivity contribution is 6.46. The van der Waals surface area contributed by atoms with Crippen molar-refractivity contribution in [3.05, 3.63) is 59.2 Å². The van der Waals surface area contributed by atoms with Gasteiger partial charge in [-0.15, -0.1) is 0 Å². The molecule has 0 radical (unpaired) electrons. The van der Waals surface area contributed by atoms with Gasteiger partial charge in [-0.3, -0.25) is 9.59 Å². The van der Waals surface area contributed by atoms with Gasteiger partial charge < -0.3 is 29.0 Å². The smallest absolute Gasteiger partial charge is 0.295 e. The van der Waals surface area contributed by atoms with Crippen molar-refractivity contribution in [1.29, 1.82) is 0 Å². The topological polar surface area (TPSA) is 94.5 Å². The zero-order valence-corrected chi connectivity index (χ0v) is 22.8. The number of amides is 1. The Morgan fingerprint density at radius 3 is 2.37 bits per heavy atom. The van der Waals surface area contributed by atoms with Crippen molar-refractivity contribution in [2.24, 2.45) is 0 Å². The third-order valence-electron chi connectivity index (χ3n) is 6.46. The second-order valence-corrected chi connectivity index (χ2v) is 9.18. The number of benzene rings is 2. The molecule has 0 spiro atoms. The molecule has 1 fully saturated rings. The van der Waals surface area contributed by atoms with Crippen LogP contribution in [-0.2, 0) is 14.3 Å². The van der Waals surface area contributed by atoms with Gasteiger partial charge in [0.15, 0.2) is 11.5 Å². The number of nitrogens with zero attached hydrogens (tertiary/aromatic N) is 1. The molecule has 1 atom stereocenters. The van der Waals surface area contributed by atoms with Crippen LogP contribution >= 0.6 is 0 Å². The fourth-order valence-corrected chi connectivity index (χ4v) is 4.38. The van der Waals surface area contributed by atoms with Crippen LogP contribution in [0.1, 0.15) is 63.1 Å². The third kappa shape index (κ3) is 6.86. The first-order chi connectivity index (χ1) is 18.5. The average molecular weight is 526 g/mol. The highest BCUT2D eigenvalue weighted by Crippen LogP contribution is 2.42. The number of Topliss-reactive ketones (excluding diaryl/α,β-unsaturated/α-hetero) is 1. The van der Waals surface area contributed by atoms with Crippen molar-refractivity contribution in [2.45, 2.75) is 52.0 Å². The molecule has 1 unspecified atom stereocenters. The number of likely N-dealkylation sites (tertiary alicyclic amines) is 1. The van der Waals surface area contributed by atoms with Gasteiger partial charge in [-0.1, -0.05) is 51.3 Å². The van der Waals surface area contributed by atoms with Crippen molar-refractivity contribution >= 4 is 17.4 Å². The normalized spacial score (nSPS) is 16.6. The summed E-state index contributed by atoms with van der Waals surface area (Å²) in [6.45, 7) is 5.74. The molecule has 2 aromatic carbocycles. The highest BCUT2D eigenvalue weighted by atomic mass is 16.5. The molecule has 2 aromatic rings. The number of carbonyl (C=O) groups excluding carboxylic acids is 2. The maximum atomic E-state index is 13.3. The maximum absolute atomic E-state index is 13.3. The van der Waals surface area contributed by atoms with Crippen molar-refractivity contribution in [2.75, 3.05) is 40.6 Å². The lowest BCUT2D eigenvalue weighted by Crippen LogP contribution is -2.32. The fourth-order valence-electron chi connectivity index (χ4n) is 4.38. The predicted octanol–water partition coefficient (Wildman–Crippen LogP) is 5.51. The van der Waals surface area contributed by atoms with Gasteiger partial charge in [-0.2, -0.15) is 0 Å². The van der Waals surface area contributed by atoms with E-state index >= 15 is 0 Å². The van der Waals surface area contributed by atoms with Crippen LogP contribution in [0.4, 0.5) is 0 Å². The number of carbonyl (C=O) groups is 2. The molecule has 0 saturated carbocycles. The SMILES string of the molecule is CCCCCOc1ccc(C2/C(=C(\O)c3cccc(OCCCC)c3)C(=O)C(=O)N2CCOC)cc1OC. The van der Waals surface area contributed by atoms with Crippen LogP contribution in [0, 0.1) is 0 Å². The van der Waals surface area contributed by atoms with Gasteiger partial charge in [0.2, 0.25) is 0 Å². The Hall–Kier alpha value is -3.52. The van der Waals surface area contributed by atoms with Gasteiger partial charge in [-0.05, 0) is 42.7 Å². The molecule has 8 nitrogen and oxygen atoms in total. The zero-order valence-electron chi connectivity index (χ0n) is 22.8. The summed E-state index contributed by atoms with van der Waals surface area (Å²) in [6.07, 6.45) is 4.99. The minimum absolute atomic E-state index is 0.00970. The second-order valence-electron chi connectivity index (χ2n) is 9.18. The minimum Gasteiger partial charge on any atom is -0.507 e. The van der Waals surface area contributed by atoms with E-state index in [1.54, 1.807) is 49.6 Å². The molecule has 8 heteroatoms. The first-order valence-electron chi connectivity index (χ1n) is 13.3. The average Bonchev–Trinajstić information content (AvgIpc) is 3.19. The predicted molar refractivity (Wildman–Crippen MR) is 146 cm³/mol. The van der Waals surface area contributed by atoms with Crippen molar-refractivity contribution in [3.8, 4) is 17.2 Å². The van der Waals surface area contributed by atoms with Gasteiger partial charge >= 0.3 is 0 Å². The molecule has 0 aromatic heterocycles. The van der Waals surface area contributed by atoms with Gasteiger partial charge in [-0.25, -0.2) is 0 Å². The van der Waals surface area contributed by atoms with Gasteiger partial charge in [0, 0.05) is 19.2 Å². The van der Waals surface area contributed by atoms with Gasteiger partial charge in [0.1, 0.15) is 11.5 Å². The summed E-state index contributed by atoms with van der Waals surface area (Å²) < 4.78 is 22.5. The monoisotopic (exact) mass is 525 g/mol. The Morgan fingerprint density at radius 1 is 0.895 bits per heavy atom. The molecule has 3 rings (SSSR count). The van der Waals surface area contributed by atoms with Crippen LogP contribution < -0.4 is 14.2 Å². The quantitative estimate of drug-likeness (QED) is 0.142. The van der Waals surface area contributed by atoms with Gasteiger partial charge in [0.05, 0.1) is 38.5 Å². The van der Waals surface area contributed by atoms with Crippen LogP contribution in [0.15, 0.2) is 48.0 Å². The first-order valence-corrected chi connectivity index (χ1v) is 13.3. The lowest BCUT2D eigenvalue weighted by atomic mass is 9.95. The molecule has 0 bridgehead atoms. The molecule has 206 valence electrons. The van der Waals surface area contributed by atoms with Crippen LogP contribution in [-0.4, -0.2) is 62.3 Å². The fraction of sp³-hybridized carbons (Fsp3) is 0.467. The van der Waals surface area contributed by atoms with E-state index in [-0.39, 0.29) is 24.5 Å². The molecule has 1 heterocycles. The molecule has 1 N–H and O–H groups in total. The summed E-state index contributed by atoms with van der Waals surface area (Å²) in [4.78, 5) is 27.8. The van der Waals surface area contributed by atoms with E-state index < -0.39 is 17.7 Å². The van der Waals surface area contributed by atoms with E-state index in [2.05, 4.69) is 13.8 Å². The number of ether oxygens (including phenoxy) is 4. The minimum atomic E-state index is -0.821. The number of aliphatic hydroxyl groups is 1. The zero-order chi connectivity index (χ0) is 27.5. The summed E-state index contributed by atoms with van der Waals surface area (Å²) >= 11 is 0. The van der Waals surface area contributed by atoms with Crippen LogP contribution in [0.3, 0.4) is 0 Å². The number of hydrogen-bond acceptors (Lipinski definition) is 7. The number of ketones is 1. The van der Waals surface area contributed by atoms with Crippen molar-refractivity contribution in [1.82, 2.24) is 4.90 Å². The molecule has 38 heavy (non-hydrogen) atoms. The summed E-state index contributed by atoms with van der Waals surface area (Å²) in [5, 5.41) is 11.4. The van der Waals surface area contributed by atoms with E-state index in [1.807, 2.05) is 0 Å². The summed E-state index contributed by atoms with van der Waals surface area (Å²) in [7, 11) is 3.08. The van der Waals surface area contributed by atoms with Gasteiger partial charge in [0.25, 0.3) is 11.7 Å². The van der Waals surface area contributed by atoms with Crippen LogP contribution in [0.2, 0.25) is 0 Å². The molecule has 1 aliphatic heterocycles. The Balaban J connectivity index is 2.03. The Bertz CT molecular complexity index is 1130. The first kappa shape index (κ1) is 29.0. The second kappa shape index (κ2) is 14.4. The summed E-state index contributed by atoms with van der Waals surface area (Å²) in [5.74, 6) is -0.0460. The molecule has 1 saturated heterocycles. The van der Waals surface area contributed by atoms with E-state index in [4.69, 9.17) is 18.9 Å². The van der Waals surface area contributed by atoms with E-state index in [0.717, 1.165) is 32.1 Å². The molecule has 1 aliphatic rings. The number of aliphatic hydroxyl groups excluding tert-OH is 1. The lowest BCUT2D eigenvalue weighted by molar-refractivity contribution is -0.140. The van der Waals surface area contributed by atoms with Crippen LogP contribution in [0.5, 0.6) is 17.2 Å². The summed E-state index contributed by atoms with van der Waals surface area (Å²) in [6, 6.07) is 11.4. The highest BCUT2D eigenvalue weighted by Gasteiger charge is 2.46. The number of rotatable bonds is 15. The standard InChI is InChI=1S/C30H39NO7/c1-5-7-9-17-38-24-14-13-21(20-25(24)36-4)27-26(29(33)30(34)31(27)15-18-35-3)28(32)22-11-10-12-23(19-22)37-16-8-6-2/h10-14,19-20,27,32H,5-9,15-18H2,1-4H3/b28-26+. The van der Waals surface area contributed by atoms with E-state index in [9.17, 15) is 14.7 Å². The lowest BCUT2D eigenvalue weighted by Gasteiger charge is -2.25. The number of unbranched alkanes of at least 4 members (excludes halogenated alkanes) is 3. The van der Waals surface area contributed by atoms with E-state index in [1.165, 1.54) is 12.0 Å². The van der Waals surface area contributed by atoms with E-state index in [0.29, 0.717) is 41.6 Å². The molecular weight excluding hydrogens is 486 g/mol. The Kier molecular flexibility index (Phi) is 11.0.